The van der Waals surface area contributed by atoms with E-state index in [0.717, 1.165) is 0 Å². The molecule has 8 heteroatoms. The second kappa shape index (κ2) is 7.87. The zero-order valence-corrected chi connectivity index (χ0v) is 15.7. The van der Waals surface area contributed by atoms with E-state index < -0.39 is 10.0 Å². The van der Waals surface area contributed by atoms with E-state index in [9.17, 15) is 13.2 Å². The lowest BCUT2D eigenvalue weighted by Crippen LogP contribution is -2.31. The fraction of sp³-hybridized carbons (Fsp3) is 0.250. The molecule has 0 spiro atoms. The van der Waals surface area contributed by atoms with E-state index in [0.29, 0.717) is 22.1 Å². The molecule has 1 amide bonds. The first-order valence-corrected chi connectivity index (χ1v) is 9.63. The van der Waals surface area contributed by atoms with Gasteiger partial charge in [-0.3, -0.25) is 9.78 Å². The van der Waals surface area contributed by atoms with Crippen molar-refractivity contribution < 1.29 is 13.2 Å². The molecule has 0 aliphatic rings. The summed E-state index contributed by atoms with van der Waals surface area (Å²) < 4.78 is 27.7. The maximum Gasteiger partial charge on any atom is 0.257 e. The minimum atomic E-state index is -3.55. The zero-order valence-electron chi connectivity index (χ0n) is 13.3. The van der Waals surface area contributed by atoms with E-state index in [1.165, 1.54) is 18.3 Å². The van der Waals surface area contributed by atoms with Crippen LogP contribution in [0.5, 0.6) is 0 Å². The molecule has 24 heavy (non-hydrogen) atoms. The van der Waals surface area contributed by atoms with E-state index in [4.69, 9.17) is 0 Å². The number of hydrogen-bond acceptors (Lipinski definition) is 4. The Balaban J connectivity index is 2.11. The van der Waals surface area contributed by atoms with Crippen molar-refractivity contribution >= 4 is 37.5 Å². The fourth-order valence-electron chi connectivity index (χ4n) is 1.87. The van der Waals surface area contributed by atoms with Crippen molar-refractivity contribution in [3.05, 3.63) is 52.8 Å². The molecule has 0 aliphatic heterocycles. The summed E-state index contributed by atoms with van der Waals surface area (Å²) in [6.45, 7) is 3.71. The molecule has 0 fully saturated rings. The molecule has 0 aliphatic carbocycles. The molecule has 0 saturated carbocycles. The van der Waals surface area contributed by atoms with Gasteiger partial charge in [0.15, 0.2) is 0 Å². The van der Waals surface area contributed by atoms with Crippen LogP contribution in [0.15, 0.2) is 52.1 Å². The molecule has 0 bridgehead atoms. The minimum Gasteiger partial charge on any atom is -0.322 e. The molecule has 0 saturated heterocycles. The zero-order chi connectivity index (χ0) is 17.7. The molecule has 2 N–H and O–H groups in total. The number of nitrogens with zero attached hydrogens (tertiary/aromatic N) is 1. The van der Waals surface area contributed by atoms with Crippen LogP contribution >= 0.6 is 15.9 Å². The maximum absolute atomic E-state index is 12.2. The van der Waals surface area contributed by atoms with E-state index in [2.05, 4.69) is 31.0 Å². The van der Waals surface area contributed by atoms with Crippen LogP contribution in [-0.4, -0.2) is 25.4 Å². The van der Waals surface area contributed by atoms with Gasteiger partial charge in [-0.15, -0.1) is 0 Å². The summed E-state index contributed by atoms with van der Waals surface area (Å²) in [5.41, 5.74) is 0.905. The Morgan fingerprint density at radius 3 is 2.50 bits per heavy atom. The molecule has 2 rings (SSSR count). The lowest BCUT2D eigenvalue weighted by Gasteiger charge is -2.12. The topological polar surface area (TPSA) is 88.2 Å². The molecule has 1 aromatic heterocycles. The predicted octanol–water partition coefficient (Wildman–Crippen LogP) is 3.17. The number of pyridine rings is 1. The third-order valence-electron chi connectivity index (χ3n) is 3.36. The molecule has 1 atom stereocenters. The van der Waals surface area contributed by atoms with E-state index >= 15 is 0 Å². The van der Waals surface area contributed by atoms with Crippen molar-refractivity contribution in [1.29, 1.82) is 0 Å². The van der Waals surface area contributed by atoms with Gasteiger partial charge in [0.1, 0.15) is 0 Å². The molecule has 1 unspecified atom stereocenters. The third kappa shape index (κ3) is 4.86. The Labute approximate surface area is 149 Å². The van der Waals surface area contributed by atoms with Crippen LogP contribution in [0.4, 0.5) is 5.69 Å². The smallest absolute Gasteiger partial charge is 0.257 e. The Morgan fingerprint density at radius 1 is 1.25 bits per heavy atom. The quantitative estimate of drug-likeness (QED) is 0.763. The summed E-state index contributed by atoms with van der Waals surface area (Å²) in [5, 5.41) is 2.70. The molecule has 0 radical (unpaired) electrons. The molecule has 1 aromatic carbocycles. The van der Waals surface area contributed by atoms with Crippen molar-refractivity contribution in [1.82, 2.24) is 9.71 Å². The first-order chi connectivity index (χ1) is 11.3. The SMILES string of the molecule is CCC(C)NS(=O)(=O)c1ccc(NC(=O)c2cncc(Br)c2)cc1. The van der Waals surface area contributed by atoms with Crippen LogP contribution in [0.1, 0.15) is 30.6 Å². The van der Waals surface area contributed by atoms with Crippen molar-refractivity contribution in [2.24, 2.45) is 0 Å². The number of anilines is 1. The van der Waals surface area contributed by atoms with Crippen LogP contribution in [0.2, 0.25) is 0 Å². The fourth-order valence-corrected chi connectivity index (χ4v) is 3.56. The van der Waals surface area contributed by atoms with Crippen LogP contribution < -0.4 is 10.0 Å². The average molecular weight is 412 g/mol. The lowest BCUT2D eigenvalue weighted by atomic mass is 10.2. The summed E-state index contributed by atoms with van der Waals surface area (Å²) in [6, 6.07) is 7.53. The van der Waals surface area contributed by atoms with Crippen LogP contribution in [0, 0.1) is 0 Å². The van der Waals surface area contributed by atoms with Crippen molar-refractivity contribution in [3.8, 4) is 0 Å². The van der Waals surface area contributed by atoms with E-state index in [1.807, 2.05) is 6.92 Å². The Morgan fingerprint density at radius 2 is 1.92 bits per heavy atom. The Bertz CT molecular complexity index is 823. The summed E-state index contributed by atoms with van der Waals surface area (Å²) >= 11 is 3.26. The van der Waals surface area contributed by atoms with Crippen LogP contribution in [0.3, 0.4) is 0 Å². The highest BCUT2D eigenvalue weighted by atomic mass is 79.9. The second-order valence-electron chi connectivity index (χ2n) is 5.30. The van der Waals surface area contributed by atoms with Gasteiger partial charge in [-0.05, 0) is 59.6 Å². The number of halogens is 1. The molecule has 2 aromatic rings. The van der Waals surface area contributed by atoms with Crippen molar-refractivity contribution in [2.45, 2.75) is 31.2 Å². The highest BCUT2D eigenvalue weighted by Crippen LogP contribution is 2.16. The highest BCUT2D eigenvalue weighted by Gasteiger charge is 2.16. The number of benzene rings is 1. The van der Waals surface area contributed by atoms with Gasteiger partial charge in [0.25, 0.3) is 5.91 Å². The summed E-state index contributed by atoms with van der Waals surface area (Å²) in [5.74, 6) is -0.322. The van der Waals surface area contributed by atoms with Gasteiger partial charge >= 0.3 is 0 Å². The van der Waals surface area contributed by atoms with E-state index in [-0.39, 0.29) is 16.8 Å². The van der Waals surface area contributed by atoms with Gasteiger partial charge in [0, 0.05) is 28.6 Å². The van der Waals surface area contributed by atoms with E-state index in [1.54, 1.807) is 31.3 Å². The number of carbonyl (C=O) groups is 1. The van der Waals surface area contributed by atoms with Gasteiger partial charge in [0.2, 0.25) is 10.0 Å². The predicted molar refractivity (Wildman–Crippen MR) is 96.4 cm³/mol. The third-order valence-corrected chi connectivity index (χ3v) is 5.40. The lowest BCUT2D eigenvalue weighted by molar-refractivity contribution is 0.102. The summed E-state index contributed by atoms with van der Waals surface area (Å²) in [4.78, 5) is 16.2. The monoisotopic (exact) mass is 411 g/mol. The number of hydrogen-bond donors (Lipinski definition) is 2. The average Bonchev–Trinajstić information content (AvgIpc) is 2.54. The Kier molecular flexibility index (Phi) is 6.09. The number of aromatic nitrogens is 1. The van der Waals surface area contributed by atoms with Gasteiger partial charge in [-0.2, -0.15) is 0 Å². The minimum absolute atomic E-state index is 0.140. The van der Waals surface area contributed by atoms with Crippen LogP contribution in [0.25, 0.3) is 0 Å². The first kappa shape index (κ1) is 18.6. The standard InChI is InChI=1S/C16H18BrN3O3S/c1-3-11(2)20-24(22,23)15-6-4-14(5-7-15)19-16(21)12-8-13(17)10-18-9-12/h4-11,20H,3H2,1-2H3,(H,19,21). The number of amides is 1. The van der Waals surface area contributed by atoms with Gasteiger partial charge in [-0.1, -0.05) is 6.92 Å². The molecule has 128 valence electrons. The molecule has 6 nitrogen and oxygen atoms in total. The van der Waals surface area contributed by atoms with Gasteiger partial charge < -0.3 is 5.32 Å². The largest absolute Gasteiger partial charge is 0.322 e. The highest BCUT2D eigenvalue weighted by molar-refractivity contribution is 9.10. The number of sulfonamides is 1. The van der Waals surface area contributed by atoms with Crippen LogP contribution in [-0.2, 0) is 10.0 Å². The number of carbonyl (C=O) groups excluding carboxylic acids is 1. The summed E-state index contributed by atoms with van der Waals surface area (Å²) in [6.07, 6.45) is 3.74. The first-order valence-electron chi connectivity index (χ1n) is 7.36. The maximum atomic E-state index is 12.2. The van der Waals surface area contributed by atoms with Gasteiger partial charge in [0.05, 0.1) is 10.5 Å². The number of rotatable bonds is 6. The summed E-state index contributed by atoms with van der Waals surface area (Å²) in [7, 11) is -3.55. The Hall–Kier alpha value is -1.77. The molecule has 1 heterocycles. The second-order valence-corrected chi connectivity index (χ2v) is 7.93. The van der Waals surface area contributed by atoms with Crippen molar-refractivity contribution in [2.75, 3.05) is 5.32 Å². The van der Waals surface area contributed by atoms with Gasteiger partial charge in [-0.25, -0.2) is 13.1 Å². The normalized spacial score (nSPS) is 12.6. The molecular formula is C16H18BrN3O3S. The molecular weight excluding hydrogens is 394 g/mol. The number of nitrogens with one attached hydrogen (secondary N) is 2. The van der Waals surface area contributed by atoms with Crippen molar-refractivity contribution in [3.63, 3.8) is 0 Å².